The molecule has 0 heterocycles. The first-order valence-electron chi connectivity index (χ1n) is 6.94. The van der Waals surface area contributed by atoms with Gasteiger partial charge in [-0.3, -0.25) is 4.79 Å². The SMILES string of the molecule is CC(C)C(C)(C)CNC(=O)c1ccc(CCN)cc1. The summed E-state index contributed by atoms with van der Waals surface area (Å²) in [5.41, 5.74) is 7.49. The fourth-order valence-electron chi connectivity index (χ4n) is 1.60. The van der Waals surface area contributed by atoms with Crippen molar-refractivity contribution in [3.05, 3.63) is 35.4 Å². The third kappa shape index (κ3) is 4.67. The van der Waals surface area contributed by atoms with Gasteiger partial charge in [0.15, 0.2) is 0 Å². The van der Waals surface area contributed by atoms with E-state index in [1.165, 1.54) is 5.56 Å². The maximum Gasteiger partial charge on any atom is 0.251 e. The van der Waals surface area contributed by atoms with Crippen LogP contribution in [0.3, 0.4) is 0 Å². The Kier molecular flexibility index (Phi) is 5.55. The zero-order valence-corrected chi connectivity index (χ0v) is 12.5. The highest BCUT2D eigenvalue weighted by Crippen LogP contribution is 2.24. The van der Waals surface area contributed by atoms with Gasteiger partial charge in [0.2, 0.25) is 0 Å². The molecule has 0 saturated heterocycles. The van der Waals surface area contributed by atoms with E-state index in [9.17, 15) is 4.79 Å². The molecule has 0 bridgehead atoms. The van der Waals surface area contributed by atoms with Crippen molar-refractivity contribution < 1.29 is 4.79 Å². The molecule has 3 N–H and O–H groups in total. The molecule has 1 amide bonds. The molecule has 0 aliphatic carbocycles. The van der Waals surface area contributed by atoms with Crippen LogP contribution in [0.5, 0.6) is 0 Å². The van der Waals surface area contributed by atoms with Gasteiger partial charge in [-0.1, -0.05) is 39.8 Å². The second-order valence-electron chi connectivity index (χ2n) is 6.06. The molecule has 0 fully saturated rings. The van der Waals surface area contributed by atoms with Gasteiger partial charge in [0.1, 0.15) is 0 Å². The number of nitrogens with one attached hydrogen (secondary N) is 1. The summed E-state index contributed by atoms with van der Waals surface area (Å²) < 4.78 is 0. The van der Waals surface area contributed by atoms with Crippen molar-refractivity contribution in [3.63, 3.8) is 0 Å². The predicted molar refractivity (Wildman–Crippen MR) is 80.2 cm³/mol. The highest BCUT2D eigenvalue weighted by atomic mass is 16.1. The van der Waals surface area contributed by atoms with Crippen LogP contribution in [-0.4, -0.2) is 19.0 Å². The van der Waals surface area contributed by atoms with Gasteiger partial charge in [-0.2, -0.15) is 0 Å². The molecule has 0 aliphatic heterocycles. The van der Waals surface area contributed by atoms with Crippen LogP contribution in [0, 0.1) is 11.3 Å². The normalized spacial score (nSPS) is 11.7. The van der Waals surface area contributed by atoms with Crippen molar-refractivity contribution in [2.75, 3.05) is 13.1 Å². The van der Waals surface area contributed by atoms with Crippen molar-refractivity contribution in [2.24, 2.45) is 17.1 Å². The van der Waals surface area contributed by atoms with Crippen LogP contribution in [0.2, 0.25) is 0 Å². The lowest BCUT2D eigenvalue weighted by Gasteiger charge is -2.29. The second-order valence-corrected chi connectivity index (χ2v) is 6.06. The molecule has 0 radical (unpaired) electrons. The Morgan fingerprint density at radius 1 is 1.26 bits per heavy atom. The summed E-state index contributed by atoms with van der Waals surface area (Å²) >= 11 is 0. The second kappa shape index (κ2) is 6.71. The molecule has 1 aromatic carbocycles. The molecule has 0 unspecified atom stereocenters. The first-order chi connectivity index (χ1) is 8.86. The van der Waals surface area contributed by atoms with Gasteiger partial charge in [0.25, 0.3) is 5.91 Å². The maximum absolute atomic E-state index is 12.0. The largest absolute Gasteiger partial charge is 0.351 e. The van der Waals surface area contributed by atoms with E-state index in [1.54, 1.807) is 0 Å². The maximum atomic E-state index is 12.0. The molecular weight excluding hydrogens is 236 g/mol. The van der Waals surface area contributed by atoms with E-state index in [0.29, 0.717) is 24.6 Å². The van der Waals surface area contributed by atoms with Gasteiger partial charge in [-0.05, 0) is 42.0 Å². The Labute approximate surface area is 116 Å². The molecule has 19 heavy (non-hydrogen) atoms. The van der Waals surface area contributed by atoms with Gasteiger partial charge < -0.3 is 11.1 Å². The first-order valence-corrected chi connectivity index (χ1v) is 6.94. The molecule has 0 spiro atoms. The Hall–Kier alpha value is -1.35. The Bertz CT molecular complexity index is 407. The quantitative estimate of drug-likeness (QED) is 0.828. The molecule has 0 saturated carbocycles. The smallest absolute Gasteiger partial charge is 0.251 e. The fourth-order valence-corrected chi connectivity index (χ4v) is 1.60. The van der Waals surface area contributed by atoms with E-state index in [-0.39, 0.29) is 11.3 Å². The van der Waals surface area contributed by atoms with E-state index in [1.807, 2.05) is 24.3 Å². The van der Waals surface area contributed by atoms with Crippen molar-refractivity contribution in [1.29, 1.82) is 0 Å². The molecule has 106 valence electrons. The summed E-state index contributed by atoms with van der Waals surface area (Å²) in [6.45, 7) is 10.0. The molecule has 1 aromatic rings. The van der Waals surface area contributed by atoms with Crippen molar-refractivity contribution in [1.82, 2.24) is 5.32 Å². The number of benzene rings is 1. The molecule has 3 nitrogen and oxygen atoms in total. The van der Waals surface area contributed by atoms with Crippen molar-refractivity contribution in [2.45, 2.75) is 34.1 Å². The van der Waals surface area contributed by atoms with Crippen LogP contribution in [-0.2, 0) is 6.42 Å². The lowest BCUT2D eigenvalue weighted by Crippen LogP contribution is -2.36. The summed E-state index contributed by atoms with van der Waals surface area (Å²) in [7, 11) is 0. The van der Waals surface area contributed by atoms with E-state index >= 15 is 0 Å². The third-order valence-electron chi connectivity index (χ3n) is 3.92. The van der Waals surface area contributed by atoms with Crippen molar-refractivity contribution >= 4 is 5.91 Å². The molecule has 0 aromatic heterocycles. The van der Waals surface area contributed by atoms with Gasteiger partial charge in [-0.25, -0.2) is 0 Å². The van der Waals surface area contributed by atoms with Gasteiger partial charge in [0, 0.05) is 12.1 Å². The first kappa shape index (κ1) is 15.7. The lowest BCUT2D eigenvalue weighted by atomic mass is 9.81. The van der Waals surface area contributed by atoms with E-state index < -0.39 is 0 Å². The van der Waals surface area contributed by atoms with Crippen LogP contribution in [0.4, 0.5) is 0 Å². The van der Waals surface area contributed by atoms with E-state index in [0.717, 1.165) is 6.42 Å². The van der Waals surface area contributed by atoms with E-state index in [4.69, 9.17) is 5.73 Å². The van der Waals surface area contributed by atoms with Crippen LogP contribution < -0.4 is 11.1 Å². The van der Waals surface area contributed by atoms with Gasteiger partial charge in [0.05, 0.1) is 0 Å². The Balaban J connectivity index is 2.59. The van der Waals surface area contributed by atoms with Crippen molar-refractivity contribution in [3.8, 4) is 0 Å². The van der Waals surface area contributed by atoms with Crippen LogP contribution in [0.15, 0.2) is 24.3 Å². The van der Waals surface area contributed by atoms with Crippen LogP contribution in [0.25, 0.3) is 0 Å². The minimum atomic E-state index is -0.00646. The number of carbonyl (C=O) groups excluding carboxylic acids is 1. The van der Waals surface area contributed by atoms with Crippen LogP contribution in [0.1, 0.15) is 43.6 Å². The third-order valence-corrected chi connectivity index (χ3v) is 3.92. The average Bonchev–Trinajstić information content (AvgIpc) is 2.37. The Morgan fingerprint density at radius 2 is 1.84 bits per heavy atom. The monoisotopic (exact) mass is 262 g/mol. The summed E-state index contributed by atoms with van der Waals surface area (Å²) in [4.78, 5) is 12.0. The van der Waals surface area contributed by atoms with Gasteiger partial charge in [-0.15, -0.1) is 0 Å². The minimum Gasteiger partial charge on any atom is -0.351 e. The number of amides is 1. The summed E-state index contributed by atoms with van der Waals surface area (Å²) in [6.07, 6.45) is 0.849. The number of nitrogens with two attached hydrogens (primary N) is 1. The molecule has 0 atom stereocenters. The molecule has 0 aliphatic rings. The van der Waals surface area contributed by atoms with E-state index in [2.05, 4.69) is 33.0 Å². The zero-order valence-electron chi connectivity index (χ0n) is 12.5. The topological polar surface area (TPSA) is 55.1 Å². The van der Waals surface area contributed by atoms with Gasteiger partial charge >= 0.3 is 0 Å². The van der Waals surface area contributed by atoms with Crippen LogP contribution >= 0.6 is 0 Å². The zero-order chi connectivity index (χ0) is 14.5. The summed E-state index contributed by atoms with van der Waals surface area (Å²) in [5.74, 6) is 0.521. The number of hydrogen-bond acceptors (Lipinski definition) is 2. The standard InChI is InChI=1S/C16H26N2O/c1-12(2)16(3,4)11-18-15(19)14-7-5-13(6-8-14)9-10-17/h5-8,12H,9-11,17H2,1-4H3,(H,18,19). The average molecular weight is 262 g/mol. The highest BCUT2D eigenvalue weighted by molar-refractivity contribution is 5.94. The summed E-state index contributed by atoms with van der Waals surface area (Å²) in [6, 6.07) is 7.66. The number of carbonyl (C=O) groups is 1. The predicted octanol–water partition coefficient (Wildman–Crippen LogP) is 2.60. The molecule has 3 heteroatoms. The fraction of sp³-hybridized carbons (Fsp3) is 0.562. The Morgan fingerprint density at radius 3 is 2.32 bits per heavy atom. The summed E-state index contributed by atoms with van der Waals surface area (Å²) in [5, 5.41) is 3.01. The molecule has 1 rings (SSSR count). The number of hydrogen-bond donors (Lipinski definition) is 2. The lowest BCUT2D eigenvalue weighted by molar-refractivity contribution is 0.0925. The highest BCUT2D eigenvalue weighted by Gasteiger charge is 2.23. The minimum absolute atomic E-state index is 0.00646. The number of rotatable bonds is 6. The molecular formula is C16H26N2O.